The molecule has 0 unspecified atom stereocenters. The van der Waals surface area contributed by atoms with E-state index < -0.39 is 35.7 Å². The first-order valence-corrected chi connectivity index (χ1v) is 18.5. The standard InChI is InChI=1S/C46H36O11/c47-35-24-29(26-38-41(35)56-45(54-38,31-14-5-1-6-15-31)32-16-7-2-8-17-32)43(49)52-28-40-37(22-13-23-51-40)53-44(50)30-25-36(48)42-39(27-30)55-46(57-42,33-18-9-3-10-19-33)34-20-11-4-12-21-34/h1-12,14-21,24-27,37,40,47-48H,13,22-23,28H2/t37-,40+/m0/s1. The van der Waals surface area contributed by atoms with Gasteiger partial charge in [0.05, 0.1) is 11.1 Å². The van der Waals surface area contributed by atoms with Gasteiger partial charge in [0.1, 0.15) is 18.8 Å². The van der Waals surface area contributed by atoms with E-state index in [1.807, 2.05) is 121 Å². The van der Waals surface area contributed by atoms with Crippen LogP contribution in [0.4, 0.5) is 0 Å². The fourth-order valence-electron chi connectivity index (χ4n) is 7.39. The molecule has 0 saturated carbocycles. The molecule has 6 aromatic rings. The summed E-state index contributed by atoms with van der Waals surface area (Å²) >= 11 is 0. The van der Waals surface area contributed by atoms with Gasteiger partial charge < -0.3 is 43.4 Å². The normalized spacial score (nSPS) is 18.4. The Kier molecular flexibility index (Phi) is 9.14. The quantitative estimate of drug-likeness (QED) is 0.139. The molecule has 2 N–H and O–H groups in total. The third-order valence-electron chi connectivity index (χ3n) is 10.2. The first-order chi connectivity index (χ1) is 27.8. The monoisotopic (exact) mass is 764 g/mol. The molecule has 3 aliphatic heterocycles. The van der Waals surface area contributed by atoms with Gasteiger partial charge in [-0.3, -0.25) is 0 Å². The number of fused-ring (bicyclic) bond motifs is 2. The van der Waals surface area contributed by atoms with Gasteiger partial charge in [-0.2, -0.15) is 0 Å². The summed E-state index contributed by atoms with van der Waals surface area (Å²) in [6.45, 7) is 0.126. The molecule has 0 bridgehead atoms. The van der Waals surface area contributed by atoms with Crippen molar-refractivity contribution in [1.29, 1.82) is 0 Å². The molecule has 6 aromatic carbocycles. The third-order valence-corrected chi connectivity index (χ3v) is 10.2. The van der Waals surface area contributed by atoms with Gasteiger partial charge in [-0.05, 0) is 37.1 Å². The Morgan fingerprint density at radius 3 is 1.44 bits per heavy atom. The van der Waals surface area contributed by atoms with Crippen molar-refractivity contribution in [2.24, 2.45) is 0 Å². The number of benzene rings is 6. The lowest BCUT2D eigenvalue weighted by molar-refractivity contribution is -0.104. The lowest BCUT2D eigenvalue weighted by Crippen LogP contribution is -2.41. The minimum absolute atomic E-state index is 0.0223. The van der Waals surface area contributed by atoms with Crippen LogP contribution in [0.3, 0.4) is 0 Å². The highest BCUT2D eigenvalue weighted by atomic mass is 16.7. The number of aromatic hydroxyl groups is 2. The van der Waals surface area contributed by atoms with E-state index in [2.05, 4.69) is 0 Å². The van der Waals surface area contributed by atoms with Crippen LogP contribution in [0.15, 0.2) is 146 Å². The molecule has 2 atom stereocenters. The molecule has 0 aliphatic carbocycles. The number of rotatable bonds is 9. The number of phenolic OH excluding ortho intramolecular Hbond substituents is 2. The molecule has 0 amide bonds. The van der Waals surface area contributed by atoms with Gasteiger partial charge in [0, 0.05) is 28.9 Å². The van der Waals surface area contributed by atoms with Gasteiger partial charge in [0.15, 0.2) is 23.0 Å². The predicted molar refractivity (Wildman–Crippen MR) is 205 cm³/mol. The highest BCUT2D eigenvalue weighted by Crippen LogP contribution is 2.53. The van der Waals surface area contributed by atoms with Crippen molar-refractivity contribution in [3.8, 4) is 34.5 Å². The summed E-state index contributed by atoms with van der Waals surface area (Å²) < 4.78 is 43.0. The van der Waals surface area contributed by atoms with Crippen LogP contribution in [0.2, 0.25) is 0 Å². The Balaban J connectivity index is 0.898. The van der Waals surface area contributed by atoms with Crippen molar-refractivity contribution >= 4 is 11.9 Å². The molecule has 0 radical (unpaired) electrons. The van der Waals surface area contributed by atoms with E-state index in [4.69, 9.17) is 33.2 Å². The van der Waals surface area contributed by atoms with Crippen molar-refractivity contribution in [2.75, 3.05) is 13.2 Å². The van der Waals surface area contributed by atoms with Gasteiger partial charge in [0.2, 0.25) is 11.5 Å². The van der Waals surface area contributed by atoms with Crippen molar-refractivity contribution < 1.29 is 53.0 Å². The summed E-state index contributed by atoms with van der Waals surface area (Å²) in [5.74, 6) is -4.40. The Labute approximate surface area is 327 Å². The van der Waals surface area contributed by atoms with E-state index in [0.29, 0.717) is 41.7 Å². The SMILES string of the molecule is O=C(OC[C@H]1OCCC[C@@H]1OC(=O)c1cc(O)c2c(c1)OC(c1ccccc1)(c1ccccc1)O2)c1cc(O)c2c(c1)OC(c1ccccc1)(c1ccccc1)O2. The molecule has 1 saturated heterocycles. The zero-order valence-electron chi connectivity index (χ0n) is 30.4. The molecule has 9 rings (SSSR count). The zero-order valence-corrected chi connectivity index (χ0v) is 30.4. The second-order valence-corrected chi connectivity index (χ2v) is 13.8. The van der Waals surface area contributed by atoms with Crippen LogP contribution in [-0.4, -0.2) is 47.6 Å². The lowest BCUT2D eigenvalue weighted by Gasteiger charge is -2.31. The van der Waals surface area contributed by atoms with E-state index in [-0.39, 0.29) is 52.2 Å². The van der Waals surface area contributed by atoms with E-state index in [1.54, 1.807) is 0 Å². The smallest absolute Gasteiger partial charge is 0.338 e. The second kappa shape index (κ2) is 14.6. The summed E-state index contributed by atoms with van der Waals surface area (Å²) in [6.07, 6.45) is -0.514. The van der Waals surface area contributed by atoms with Crippen molar-refractivity contribution in [1.82, 2.24) is 0 Å². The van der Waals surface area contributed by atoms with E-state index in [9.17, 15) is 19.8 Å². The van der Waals surface area contributed by atoms with Crippen LogP contribution >= 0.6 is 0 Å². The highest BCUT2D eigenvalue weighted by Gasteiger charge is 2.48. The first-order valence-electron chi connectivity index (χ1n) is 18.5. The average molecular weight is 765 g/mol. The fraction of sp³-hybridized carbons (Fsp3) is 0.174. The van der Waals surface area contributed by atoms with Gasteiger partial charge in [-0.25, -0.2) is 9.59 Å². The maximum absolute atomic E-state index is 13.6. The van der Waals surface area contributed by atoms with Crippen LogP contribution in [0.1, 0.15) is 55.8 Å². The van der Waals surface area contributed by atoms with Gasteiger partial charge in [-0.15, -0.1) is 0 Å². The topological polar surface area (TPSA) is 139 Å². The summed E-state index contributed by atoms with van der Waals surface area (Å²) in [5, 5.41) is 22.1. The fourth-order valence-corrected chi connectivity index (χ4v) is 7.39. The van der Waals surface area contributed by atoms with Crippen LogP contribution in [0.25, 0.3) is 0 Å². The number of esters is 2. The highest BCUT2D eigenvalue weighted by molar-refractivity contribution is 5.92. The van der Waals surface area contributed by atoms with Crippen molar-refractivity contribution in [2.45, 2.75) is 36.6 Å². The maximum Gasteiger partial charge on any atom is 0.338 e. The molecule has 3 aliphatic rings. The molecular weight excluding hydrogens is 728 g/mol. The van der Waals surface area contributed by atoms with E-state index in [1.165, 1.54) is 24.3 Å². The van der Waals surface area contributed by atoms with Gasteiger partial charge >= 0.3 is 23.5 Å². The van der Waals surface area contributed by atoms with Crippen molar-refractivity contribution in [3.63, 3.8) is 0 Å². The number of phenols is 2. The third kappa shape index (κ3) is 6.51. The minimum atomic E-state index is -1.40. The van der Waals surface area contributed by atoms with E-state index >= 15 is 0 Å². The molecule has 11 nitrogen and oxygen atoms in total. The van der Waals surface area contributed by atoms with Crippen LogP contribution in [0, 0.1) is 0 Å². The number of carbonyl (C=O) groups is 2. The number of ether oxygens (including phenoxy) is 7. The molecule has 286 valence electrons. The molecule has 3 heterocycles. The molecule has 1 fully saturated rings. The largest absolute Gasteiger partial charge is 0.504 e. The second-order valence-electron chi connectivity index (χ2n) is 13.8. The van der Waals surface area contributed by atoms with Crippen LogP contribution < -0.4 is 18.9 Å². The number of carbonyl (C=O) groups excluding carboxylic acids is 2. The first kappa shape index (κ1) is 35.7. The molecule has 11 heteroatoms. The Hall–Kier alpha value is -6.98. The van der Waals surface area contributed by atoms with Gasteiger partial charge in [-0.1, -0.05) is 121 Å². The molecular formula is C46H36O11. The zero-order chi connectivity index (χ0) is 39.0. The molecule has 0 spiro atoms. The summed E-state index contributed by atoms with van der Waals surface area (Å²) in [7, 11) is 0. The molecule has 0 aromatic heterocycles. The van der Waals surface area contributed by atoms with Gasteiger partial charge in [0.25, 0.3) is 0 Å². The Morgan fingerprint density at radius 1 is 0.579 bits per heavy atom. The summed E-state index contributed by atoms with van der Waals surface area (Å²) in [4.78, 5) is 27.1. The predicted octanol–water partition coefficient (Wildman–Crippen LogP) is 8.00. The summed E-state index contributed by atoms with van der Waals surface area (Å²) in [6, 6.07) is 42.7. The lowest BCUT2D eigenvalue weighted by atomic mass is 9.97. The minimum Gasteiger partial charge on any atom is -0.504 e. The number of hydrogen-bond donors (Lipinski definition) is 2. The van der Waals surface area contributed by atoms with Crippen molar-refractivity contribution in [3.05, 3.63) is 179 Å². The summed E-state index contributed by atoms with van der Waals surface area (Å²) in [5.41, 5.74) is 2.82. The molecule has 57 heavy (non-hydrogen) atoms. The Morgan fingerprint density at radius 2 is 1.00 bits per heavy atom. The van der Waals surface area contributed by atoms with Crippen LogP contribution in [0.5, 0.6) is 34.5 Å². The van der Waals surface area contributed by atoms with Crippen LogP contribution in [-0.2, 0) is 25.8 Å². The number of hydrogen-bond acceptors (Lipinski definition) is 11. The maximum atomic E-state index is 13.6. The van der Waals surface area contributed by atoms with E-state index in [0.717, 1.165) is 0 Å². The Bertz CT molecular complexity index is 2340. The average Bonchev–Trinajstić information content (AvgIpc) is 3.87.